The molecule has 0 aliphatic carbocycles. The van der Waals surface area contributed by atoms with E-state index in [2.05, 4.69) is 6.07 Å². The third kappa shape index (κ3) is 4.08. The molecule has 2 aromatic carbocycles. The molecule has 0 saturated heterocycles. The Morgan fingerprint density at radius 2 is 2.00 bits per heavy atom. The third-order valence-electron chi connectivity index (χ3n) is 2.69. The normalized spacial score (nSPS) is 10.4. The molecule has 0 unspecified atom stereocenters. The van der Waals surface area contributed by atoms with E-state index in [9.17, 15) is 0 Å². The van der Waals surface area contributed by atoms with Crippen molar-refractivity contribution < 1.29 is 4.74 Å². The van der Waals surface area contributed by atoms with Gasteiger partial charge in [0.15, 0.2) is 0 Å². The van der Waals surface area contributed by atoms with Crippen LogP contribution in [0.25, 0.3) is 0 Å². The van der Waals surface area contributed by atoms with Crippen molar-refractivity contribution in [3.8, 4) is 5.75 Å². The first-order chi connectivity index (χ1) is 9.16. The van der Waals surface area contributed by atoms with Gasteiger partial charge in [-0.1, -0.05) is 23.7 Å². The molecule has 2 N–H and O–H groups in total. The number of rotatable bonds is 5. The SMILES string of the molecule is Cc1cc(SCCOc2ccccc2Cl)ccc1N. The van der Waals surface area contributed by atoms with Gasteiger partial charge in [0.1, 0.15) is 5.75 Å². The van der Waals surface area contributed by atoms with Crippen molar-refractivity contribution in [3.05, 3.63) is 53.1 Å². The van der Waals surface area contributed by atoms with E-state index in [0.717, 1.165) is 22.8 Å². The number of ether oxygens (including phenoxy) is 1. The molecule has 0 amide bonds. The molecular formula is C15H16ClNOS. The van der Waals surface area contributed by atoms with E-state index in [0.29, 0.717) is 11.6 Å². The van der Waals surface area contributed by atoms with Crippen LogP contribution < -0.4 is 10.5 Å². The second kappa shape index (κ2) is 6.73. The fraction of sp³-hybridized carbons (Fsp3) is 0.200. The van der Waals surface area contributed by atoms with Crippen LogP contribution in [-0.4, -0.2) is 12.4 Å². The molecular weight excluding hydrogens is 278 g/mol. The number of aryl methyl sites for hydroxylation is 1. The Morgan fingerprint density at radius 3 is 2.74 bits per heavy atom. The summed E-state index contributed by atoms with van der Waals surface area (Å²) in [6.45, 7) is 2.64. The number of anilines is 1. The van der Waals surface area contributed by atoms with Gasteiger partial charge in [0.05, 0.1) is 11.6 Å². The lowest BCUT2D eigenvalue weighted by molar-refractivity contribution is 0.344. The molecule has 0 spiro atoms. The number of nitrogens with two attached hydrogens (primary N) is 1. The summed E-state index contributed by atoms with van der Waals surface area (Å²) in [6.07, 6.45) is 0. The maximum absolute atomic E-state index is 6.01. The van der Waals surface area contributed by atoms with Gasteiger partial charge in [0.25, 0.3) is 0 Å². The van der Waals surface area contributed by atoms with Crippen molar-refractivity contribution in [2.75, 3.05) is 18.1 Å². The fourth-order valence-electron chi connectivity index (χ4n) is 1.61. The molecule has 0 radical (unpaired) electrons. The van der Waals surface area contributed by atoms with Crippen molar-refractivity contribution in [1.29, 1.82) is 0 Å². The summed E-state index contributed by atoms with van der Waals surface area (Å²) in [7, 11) is 0. The minimum Gasteiger partial charge on any atom is -0.491 e. The van der Waals surface area contributed by atoms with E-state index >= 15 is 0 Å². The van der Waals surface area contributed by atoms with E-state index in [1.54, 1.807) is 11.8 Å². The van der Waals surface area contributed by atoms with Crippen molar-refractivity contribution >= 4 is 29.1 Å². The predicted octanol–water partition coefficient (Wildman–Crippen LogP) is 4.40. The maximum Gasteiger partial charge on any atom is 0.137 e. The summed E-state index contributed by atoms with van der Waals surface area (Å²) in [5.41, 5.74) is 7.73. The lowest BCUT2D eigenvalue weighted by Gasteiger charge is -2.08. The van der Waals surface area contributed by atoms with E-state index in [-0.39, 0.29) is 0 Å². The standard InChI is InChI=1S/C15H16ClNOS/c1-11-10-12(6-7-14(11)17)19-9-8-18-15-5-3-2-4-13(15)16/h2-7,10H,8-9,17H2,1H3. The highest BCUT2D eigenvalue weighted by molar-refractivity contribution is 7.99. The van der Waals surface area contributed by atoms with Crippen molar-refractivity contribution in [2.24, 2.45) is 0 Å². The molecule has 2 nitrogen and oxygen atoms in total. The van der Waals surface area contributed by atoms with Crippen LogP contribution >= 0.6 is 23.4 Å². The smallest absolute Gasteiger partial charge is 0.137 e. The van der Waals surface area contributed by atoms with Crippen molar-refractivity contribution in [2.45, 2.75) is 11.8 Å². The van der Waals surface area contributed by atoms with Crippen LogP contribution in [0.3, 0.4) is 0 Å². The Hall–Kier alpha value is -1.32. The topological polar surface area (TPSA) is 35.2 Å². The van der Waals surface area contributed by atoms with Crippen LogP contribution in [-0.2, 0) is 0 Å². The summed E-state index contributed by atoms with van der Waals surface area (Å²) in [4.78, 5) is 1.20. The minimum absolute atomic E-state index is 0.623. The van der Waals surface area contributed by atoms with Gasteiger partial charge < -0.3 is 10.5 Å². The highest BCUT2D eigenvalue weighted by atomic mass is 35.5. The van der Waals surface area contributed by atoms with Gasteiger partial charge >= 0.3 is 0 Å². The number of hydrogen-bond acceptors (Lipinski definition) is 3. The van der Waals surface area contributed by atoms with Crippen LogP contribution in [0.2, 0.25) is 5.02 Å². The van der Waals surface area contributed by atoms with E-state index in [4.69, 9.17) is 22.1 Å². The summed E-state index contributed by atoms with van der Waals surface area (Å²) in [6, 6.07) is 13.6. The molecule has 0 aliphatic heterocycles. The fourth-order valence-corrected chi connectivity index (χ4v) is 2.63. The Balaban J connectivity index is 1.81. The Morgan fingerprint density at radius 1 is 1.21 bits per heavy atom. The number of hydrogen-bond donors (Lipinski definition) is 1. The van der Waals surface area contributed by atoms with E-state index in [1.165, 1.54) is 4.90 Å². The summed E-state index contributed by atoms with van der Waals surface area (Å²) >= 11 is 7.76. The highest BCUT2D eigenvalue weighted by Gasteiger charge is 2.01. The molecule has 0 aliphatic rings. The van der Waals surface area contributed by atoms with Gasteiger partial charge in [-0.15, -0.1) is 11.8 Å². The lowest BCUT2D eigenvalue weighted by atomic mass is 10.2. The quantitative estimate of drug-likeness (QED) is 0.504. The molecule has 0 bridgehead atoms. The summed E-state index contributed by atoms with van der Waals surface area (Å²) in [5, 5.41) is 0.649. The van der Waals surface area contributed by atoms with Crippen LogP contribution in [0.5, 0.6) is 5.75 Å². The second-order valence-corrected chi connectivity index (χ2v) is 5.72. The van der Waals surface area contributed by atoms with Gasteiger partial charge in [-0.05, 0) is 42.8 Å². The van der Waals surface area contributed by atoms with Crippen LogP contribution in [0.15, 0.2) is 47.4 Å². The van der Waals surface area contributed by atoms with Gasteiger partial charge in [-0.3, -0.25) is 0 Å². The van der Waals surface area contributed by atoms with Crippen LogP contribution in [0, 0.1) is 6.92 Å². The summed E-state index contributed by atoms with van der Waals surface area (Å²) in [5.74, 6) is 1.60. The van der Waals surface area contributed by atoms with Crippen molar-refractivity contribution in [3.63, 3.8) is 0 Å². The molecule has 0 atom stereocenters. The minimum atomic E-state index is 0.623. The lowest BCUT2D eigenvalue weighted by Crippen LogP contribution is -2.00. The Kier molecular flexibility index (Phi) is 5.00. The van der Waals surface area contributed by atoms with Gasteiger partial charge in [-0.2, -0.15) is 0 Å². The average molecular weight is 294 g/mol. The number of para-hydroxylation sites is 1. The highest BCUT2D eigenvalue weighted by Crippen LogP contribution is 2.25. The number of benzene rings is 2. The van der Waals surface area contributed by atoms with Gasteiger partial charge in [0.2, 0.25) is 0 Å². The average Bonchev–Trinajstić information content (AvgIpc) is 2.40. The van der Waals surface area contributed by atoms with Gasteiger partial charge in [0, 0.05) is 16.3 Å². The predicted molar refractivity (Wildman–Crippen MR) is 83.3 cm³/mol. The molecule has 0 saturated carbocycles. The molecule has 100 valence electrons. The largest absolute Gasteiger partial charge is 0.491 e. The Bertz CT molecular complexity index is 560. The van der Waals surface area contributed by atoms with E-state index in [1.807, 2.05) is 43.3 Å². The maximum atomic E-state index is 6.01. The first-order valence-corrected chi connectivity index (χ1v) is 7.39. The summed E-state index contributed by atoms with van der Waals surface area (Å²) < 4.78 is 5.64. The molecule has 2 rings (SSSR count). The van der Waals surface area contributed by atoms with Crippen LogP contribution in [0.4, 0.5) is 5.69 Å². The molecule has 4 heteroatoms. The van der Waals surface area contributed by atoms with Crippen molar-refractivity contribution in [1.82, 2.24) is 0 Å². The first-order valence-electron chi connectivity index (χ1n) is 6.03. The van der Waals surface area contributed by atoms with Crippen LogP contribution in [0.1, 0.15) is 5.56 Å². The first kappa shape index (κ1) is 14.1. The molecule has 19 heavy (non-hydrogen) atoms. The van der Waals surface area contributed by atoms with Gasteiger partial charge in [-0.25, -0.2) is 0 Å². The third-order valence-corrected chi connectivity index (χ3v) is 3.96. The van der Waals surface area contributed by atoms with E-state index < -0.39 is 0 Å². The second-order valence-electron chi connectivity index (χ2n) is 4.15. The zero-order valence-electron chi connectivity index (χ0n) is 10.7. The monoisotopic (exact) mass is 293 g/mol. The molecule has 0 fully saturated rings. The Labute approximate surface area is 122 Å². The zero-order chi connectivity index (χ0) is 13.7. The number of nitrogen functional groups attached to an aromatic ring is 1. The molecule has 2 aromatic rings. The number of halogens is 1. The zero-order valence-corrected chi connectivity index (χ0v) is 12.3. The molecule has 0 heterocycles. The molecule has 0 aromatic heterocycles. The number of thioether (sulfide) groups is 1.